The van der Waals surface area contributed by atoms with Gasteiger partial charge in [0, 0.05) is 37.5 Å². The lowest BCUT2D eigenvalue weighted by Gasteiger charge is -2.14. The molecule has 0 N–H and O–H groups in total. The van der Waals surface area contributed by atoms with Crippen LogP contribution in [0.2, 0.25) is 0 Å². The molecule has 0 spiro atoms. The molecule has 0 aliphatic heterocycles. The molecule has 4 aromatic carbocycles. The molecule has 0 radical (unpaired) electrons. The topological polar surface area (TPSA) is 127 Å². The zero-order valence-electron chi connectivity index (χ0n) is 24.8. The third kappa shape index (κ3) is 11.4. The fourth-order valence-corrected chi connectivity index (χ4v) is 3.99. The molecule has 4 aromatic rings. The Kier molecular flexibility index (Phi) is 12.8. The van der Waals surface area contributed by atoms with Gasteiger partial charge in [0.15, 0.2) is 0 Å². The van der Waals surface area contributed by atoms with Crippen LogP contribution in [0.5, 0.6) is 34.5 Å². The number of nitrogens with zero attached hydrogens (tertiary/aromatic N) is 3. The van der Waals surface area contributed by atoms with Gasteiger partial charge in [-0.1, -0.05) is 0 Å². The van der Waals surface area contributed by atoms with E-state index in [0.29, 0.717) is 110 Å². The van der Waals surface area contributed by atoms with Crippen molar-refractivity contribution in [1.82, 2.24) is 0 Å². The molecule has 0 aliphatic rings. The smallest absolute Gasteiger partial charge is 0.126 e. The molecule has 0 aromatic heterocycles. The average Bonchev–Trinajstić information content (AvgIpc) is 3.08. The molecule has 45 heavy (non-hydrogen) atoms. The summed E-state index contributed by atoms with van der Waals surface area (Å²) in [6.07, 6.45) is 1.96. The molecular weight excluding hydrogens is 570 g/mol. The summed E-state index contributed by atoms with van der Waals surface area (Å²) in [5, 5.41) is 26.8. The van der Waals surface area contributed by atoms with Gasteiger partial charge in [0.25, 0.3) is 0 Å². The first kappa shape index (κ1) is 32.1. The van der Waals surface area contributed by atoms with Gasteiger partial charge in [-0.3, -0.25) is 0 Å². The van der Waals surface area contributed by atoms with E-state index in [4.69, 9.17) is 44.2 Å². The second-order valence-electron chi connectivity index (χ2n) is 9.70. The highest BCUT2D eigenvalue weighted by Gasteiger charge is 2.07. The summed E-state index contributed by atoms with van der Waals surface area (Å²) < 4.78 is 35.2. The van der Waals surface area contributed by atoms with Crippen molar-refractivity contribution >= 4 is 0 Å². The number of hydrogen-bond acceptors (Lipinski definition) is 9. The third-order valence-electron chi connectivity index (χ3n) is 6.28. The quantitative estimate of drug-likeness (QED) is 0.112. The zero-order valence-corrected chi connectivity index (χ0v) is 24.8. The van der Waals surface area contributed by atoms with Crippen LogP contribution < -0.4 is 28.4 Å². The molecule has 0 unspecified atom stereocenters. The standard InChI is InChI=1S/C36H33N3O6/c37-25-28-4-10-31(11-5-28)40-16-1-19-43-34-22-35(44-20-2-17-41-32-12-6-29(26-38)7-13-32)24-36(23-34)45-21-3-18-42-33-14-8-30(27-39)9-15-33/h4-15,22-24H,1-3,16-21H2. The van der Waals surface area contributed by atoms with Crippen molar-refractivity contribution in [2.45, 2.75) is 19.3 Å². The van der Waals surface area contributed by atoms with E-state index in [1.54, 1.807) is 72.8 Å². The molecule has 0 saturated heterocycles. The molecule has 0 amide bonds. The molecule has 0 aliphatic carbocycles. The van der Waals surface area contributed by atoms with E-state index >= 15 is 0 Å². The maximum absolute atomic E-state index is 8.93. The Bertz CT molecular complexity index is 1400. The van der Waals surface area contributed by atoms with Crippen molar-refractivity contribution in [3.05, 3.63) is 108 Å². The van der Waals surface area contributed by atoms with Crippen LogP contribution in [0.3, 0.4) is 0 Å². The summed E-state index contributed by atoms with van der Waals surface area (Å²) in [5.41, 5.74) is 1.76. The molecule has 4 rings (SSSR count). The highest BCUT2D eigenvalue weighted by atomic mass is 16.5. The van der Waals surface area contributed by atoms with Gasteiger partial charge in [-0.25, -0.2) is 0 Å². The van der Waals surface area contributed by atoms with Crippen LogP contribution in [-0.4, -0.2) is 39.6 Å². The highest BCUT2D eigenvalue weighted by molar-refractivity contribution is 5.42. The molecule has 9 heteroatoms. The van der Waals surface area contributed by atoms with Crippen LogP contribution >= 0.6 is 0 Å². The minimum Gasteiger partial charge on any atom is -0.493 e. The molecule has 0 saturated carbocycles. The van der Waals surface area contributed by atoms with E-state index in [0.717, 1.165) is 0 Å². The Labute approximate surface area is 263 Å². The molecule has 0 atom stereocenters. The van der Waals surface area contributed by atoms with Gasteiger partial charge in [0.1, 0.15) is 34.5 Å². The van der Waals surface area contributed by atoms with E-state index < -0.39 is 0 Å². The van der Waals surface area contributed by atoms with Crippen molar-refractivity contribution in [3.8, 4) is 52.7 Å². The van der Waals surface area contributed by atoms with Gasteiger partial charge in [-0.15, -0.1) is 0 Å². The molecule has 0 fully saturated rings. The van der Waals surface area contributed by atoms with Crippen molar-refractivity contribution in [2.75, 3.05) is 39.6 Å². The van der Waals surface area contributed by atoms with E-state index in [1.807, 2.05) is 18.2 Å². The lowest BCUT2D eigenvalue weighted by atomic mass is 10.2. The molecular formula is C36H33N3O6. The zero-order chi connectivity index (χ0) is 31.5. The van der Waals surface area contributed by atoms with Crippen LogP contribution in [0.15, 0.2) is 91.0 Å². The first-order chi connectivity index (χ1) is 22.1. The Morgan fingerprint density at radius 2 is 0.556 bits per heavy atom. The summed E-state index contributed by atoms with van der Waals surface area (Å²) in [4.78, 5) is 0. The average molecular weight is 604 g/mol. The van der Waals surface area contributed by atoms with Crippen LogP contribution in [0.25, 0.3) is 0 Å². The molecule has 228 valence electrons. The number of ether oxygens (including phenoxy) is 6. The van der Waals surface area contributed by atoms with Gasteiger partial charge in [-0.2, -0.15) is 15.8 Å². The van der Waals surface area contributed by atoms with Crippen molar-refractivity contribution in [1.29, 1.82) is 15.8 Å². The predicted molar refractivity (Wildman–Crippen MR) is 167 cm³/mol. The van der Waals surface area contributed by atoms with Crippen molar-refractivity contribution < 1.29 is 28.4 Å². The number of nitriles is 3. The number of benzene rings is 4. The largest absolute Gasteiger partial charge is 0.493 e. The van der Waals surface area contributed by atoms with E-state index in [-0.39, 0.29) is 0 Å². The SMILES string of the molecule is N#Cc1ccc(OCCCOc2cc(OCCCOc3ccc(C#N)cc3)cc(OCCCOc3ccc(C#N)cc3)c2)cc1. The Hall–Kier alpha value is -5.85. The van der Waals surface area contributed by atoms with Gasteiger partial charge in [0.2, 0.25) is 0 Å². The van der Waals surface area contributed by atoms with Crippen LogP contribution in [0.4, 0.5) is 0 Å². The molecule has 9 nitrogen and oxygen atoms in total. The van der Waals surface area contributed by atoms with Gasteiger partial charge >= 0.3 is 0 Å². The fraction of sp³-hybridized carbons (Fsp3) is 0.250. The first-order valence-electron chi connectivity index (χ1n) is 14.6. The van der Waals surface area contributed by atoms with Gasteiger partial charge in [0.05, 0.1) is 74.5 Å². The summed E-state index contributed by atoms with van der Waals surface area (Å²) in [6.45, 7) is 2.67. The second kappa shape index (κ2) is 18.0. The van der Waals surface area contributed by atoms with E-state index in [9.17, 15) is 0 Å². The van der Waals surface area contributed by atoms with Crippen LogP contribution in [0, 0.1) is 34.0 Å². The molecule has 0 bridgehead atoms. The Balaban J connectivity index is 1.24. The first-order valence-corrected chi connectivity index (χ1v) is 14.6. The monoisotopic (exact) mass is 603 g/mol. The minimum atomic E-state index is 0.427. The normalized spacial score (nSPS) is 10.1. The van der Waals surface area contributed by atoms with E-state index in [1.165, 1.54) is 0 Å². The van der Waals surface area contributed by atoms with Crippen LogP contribution in [0.1, 0.15) is 36.0 Å². The maximum atomic E-state index is 8.93. The van der Waals surface area contributed by atoms with Gasteiger partial charge < -0.3 is 28.4 Å². The number of hydrogen-bond donors (Lipinski definition) is 0. The van der Waals surface area contributed by atoms with E-state index in [2.05, 4.69) is 18.2 Å². The maximum Gasteiger partial charge on any atom is 0.126 e. The predicted octanol–water partition coefficient (Wildman–Crippen LogP) is 6.85. The second-order valence-corrected chi connectivity index (χ2v) is 9.70. The summed E-state index contributed by atoms with van der Waals surface area (Å²) >= 11 is 0. The lowest BCUT2D eigenvalue weighted by Crippen LogP contribution is -2.08. The molecule has 0 heterocycles. The number of rotatable bonds is 18. The Morgan fingerprint density at radius 3 is 0.778 bits per heavy atom. The van der Waals surface area contributed by atoms with Gasteiger partial charge in [-0.05, 0) is 72.8 Å². The highest BCUT2D eigenvalue weighted by Crippen LogP contribution is 2.28. The lowest BCUT2D eigenvalue weighted by molar-refractivity contribution is 0.233. The minimum absolute atomic E-state index is 0.427. The summed E-state index contributed by atoms with van der Waals surface area (Å²) in [7, 11) is 0. The summed E-state index contributed by atoms with van der Waals surface area (Å²) in [5.74, 6) is 3.94. The fourth-order valence-electron chi connectivity index (χ4n) is 3.99. The van der Waals surface area contributed by atoms with Crippen molar-refractivity contribution in [2.24, 2.45) is 0 Å². The van der Waals surface area contributed by atoms with Crippen molar-refractivity contribution in [3.63, 3.8) is 0 Å². The summed E-state index contributed by atoms with van der Waals surface area (Å²) in [6, 6.07) is 32.7. The third-order valence-corrected chi connectivity index (χ3v) is 6.28. The Morgan fingerprint density at radius 1 is 0.333 bits per heavy atom. The van der Waals surface area contributed by atoms with Crippen LogP contribution in [-0.2, 0) is 0 Å².